The minimum atomic E-state index is 0.965. The highest BCUT2D eigenvalue weighted by Gasteiger charge is 2.08. The largest absolute Gasteiger partial charge is 0.285 e. The van der Waals surface area contributed by atoms with Crippen molar-refractivity contribution in [1.82, 2.24) is 5.32 Å². The molecule has 1 nitrogen and oxygen atoms in total. The van der Waals surface area contributed by atoms with E-state index in [0.717, 1.165) is 18.7 Å². The highest BCUT2D eigenvalue weighted by molar-refractivity contribution is 5.47. The second kappa shape index (κ2) is 1.76. The van der Waals surface area contributed by atoms with E-state index in [9.17, 15) is 0 Å². The Bertz CT molecular complexity index is 195. The maximum atomic E-state index is 4.28. The average Bonchev–Trinajstić information content (AvgIpc) is 2.33. The molecule has 0 bridgehead atoms. The topological polar surface area (TPSA) is 14.1 Å². The molecule has 9 heavy (non-hydrogen) atoms. The molecule has 1 aromatic rings. The second-order valence-corrected chi connectivity index (χ2v) is 2.19. The minimum absolute atomic E-state index is 0.965. The Morgan fingerprint density at radius 1 is 1.56 bits per heavy atom. The Morgan fingerprint density at radius 2 is 2.56 bits per heavy atom. The van der Waals surface area contributed by atoms with E-state index in [1.54, 1.807) is 0 Å². The van der Waals surface area contributed by atoms with Crippen LogP contribution in [0.4, 0.5) is 5.69 Å². The lowest BCUT2D eigenvalue weighted by molar-refractivity contribution is 0.909. The van der Waals surface area contributed by atoms with Crippen molar-refractivity contribution in [3.05, 3.63) is 29.8 Å². The van der Waals surface area contributed by atoms with Gasteiger partial charge in [-0.05, 0) is 30.2 Å². The van der Waals surface area contributed by atoms with E-state index >= 15 is 0 Å². The standard InChI is InChI=1S/C8H7N/c1-2-4-8-7(3-1)5-6-9-8/h2-4H,5-6H2. The number of hydrogen-bond donors (Lipinski definition) is 0. The van der Waals surface area contributed by atoms with Crippen molar-refractivity contribution in [1.29, 1.82) is 0 Å². The van der Waals surface area contributed by atoms with Crippen LogP contribution in [0.3, 0.4) is 0 Å². The van der Waals surface area contributed by atoms with E-state index < -0.39 is 0 Å². The van der Waals surface area contributed by atoms with Crippen molar-refractivity contribution in [2.45, 2.75) is 6.42 Å². The fourth-order valence-electron chi connectivity index (χ4n) is 1.11. The van der Waals surface area contributed by atoms with Crippen molar-refractivity contribution in [3.8, 4) is 0 Å². The maximum Gasteiger partial charge on any atom is 0.0607 e. The van der Waals surface area contributed by atoms with Gasteiger partial charge in [-0.2, -0.15) is 0 Å². The molecule has 1 aliphatic heterocycles. The van der Waals surface area contributed by atoms with Crippen LogP contribution in [0.2, 0.25) is 0 Å². The first kappa shape index (κ1) is 4.86. The van der Waals surface area contributed by atoms with Crippen LogP contribution in [0.15, 0.2) is 18.2 Å². The normalized spacial score (nSPS) is 14.7. The number of benzene rings is 1. The average molecular weight is 117 g/mol. The van der Waals surface area contributed by atoms with Gasteiger partial charge in [0.2, 0.25) is 0 Å². The predicted octanol–water partition coefficient (Wildman–Crippen LogP) is 1.28. The van der Waals surface area contributed by atoms with E-state index in [4.69, 9.17) is 0 Å². The number of fused-ring (bicyclic) bond motifs is 1. The third-order valence-corrected chi connectivity index (χ3v) is 1.59. The molecule has 2 rings (SSSR count). The lowest BCUT2D eigenvalue weighted by Gasteiger charge is -1.91. The first-order chi connectivity index (χ1) is 4.47. The van der Waals surface area contributed by atoms with Gasteiger partial charge in [0, 0.05) is 6.54 Å². The zero-order valence-electron chi connectivity index (χ0n) is 5.09. The molecular formula is C8H7N. The molecule has 2 radical (unpaired) electrons. The molecule has 0 aromatic heterocycles. The van der Waals surface area contributed by atoms with E-state index in [1.165, 1.54) is 5.56 Å². The quantitative estimate of drug-likeness (QED) is 0.486. The highest BCUT2D eigenvalue weighted by atomic mass is 14.9. The molecule has 0 unspecified atom stereocenters. The number of rotatable bonds is 0. The van der Waals surface area contributed by atoms with Crippen molar-refractivity contribution in [2.24, 2.45) is 0 Å². The molecule has 44 valence electrons. The van der Waals surface area contributed by atoms with Crippen LogP contribution in [0.1, 0.15) is 5.56 Å². The van der Waals surface area contributed by atoms with E-state index in [0.29, 0.717) is 0 Å². The van der Waals surface area contributed by atoms with E-state index in [1.807, 2.05) is 18.2 Å². The lowest BCUT2D eigenvalue weighted by Crippen LogP contribution is -1.88. The van der Waals surface area contributed by atoms with Gasteiger partial charge in [-0.15, -0.1) is 0 Å². The Morgan fingerprint density at radius 3 is 3.44 bits per heavy atom. The highest BCUT2D eigenvalue weighted by Crippen LogP contribution is 2.19. The SMILES string of the molecule is [c]1ccc2c(c1)CC[N]2. The van der Waals surface area contributed by atoms with Gasteiger partial charge < -0.3 is 0 Å². The van der Waals surface area contributed by atoms with Gasteiger partial charge >= 0.3 is 0 Å². The molecule has 0 atom stereocenters. The molecule has 0 spiro atoms. The van der Waals surface area contributed by atoms with Crippen molar-refractivity contribution >= 4 is 5.69 Å². The van der Waals surface area contributed by atoms with Crippen molar-refractivity contribution in [3.63, 3.8) is 0 Å². The fourth-order valence-corrected chi connectivity index (χ4v) is 1.11. The van der Waals surface area contributed by atoms with Crippen LogP contribution in [0.25, 0.3) is 0 Å². The molecule has 1 heteroatoms. The summed E-state index contributed by atoms with van der Waals surface area (Å²) < 4.78 is 0. The molecule has 0 N–H and O–H groups in total. The maximum absolute atomic E-state index is 4.28. The lowest BCUT2D eigenvalue weighted by atomic mass is 10.2. The van der Waals surface area contributed by atoms with Crippen molar-refractivity contribution < 1.29 is 0 Å². The van der Waals surface area contributed by atoms with Crippen LogP contribution < -0.4 is 5.32 Å². The van der Waals surface area contributed by atoms with Crippen LogP contribution in [-0.4, -0.2) is 6.54 Å². The Balaban J connectivity index is 2.54. The number of nitrogens with zero attached hydrogens (tertiary/aromatic N) is 1. The zero-order chi connectivity index (χ0) is 6.10. The Hall–Kier alpha value is -0.980. The van der Waals surface area contributed by atoms with E-state index in [-0.39, 0.29) is 0 Å². The van der Waals surface area contributed by atoms with Gasteiger partial charge in [0.05, 0.1) is 5.69 Å². The predicted molar refractivity (Wildman–Crippen MR) is 35.6 cm³/mol. The molecular weight excluding hydrogens is 110 g/mol. The summed E-state index contributed by atoms with van der Waals surface area (Å²) in [6.45, 7) is 0.965. The van der Waals surface area contributed by atoms with Gasteiger partial charge in [0.15, 0.2) is 0 Å². The van der Waals surface area contributed by atoms with Gasteiger partial charge in [-0.25, -0.2) is 0 Å². The summed E-state index contributed by atoms with van der Waals surface area (Å²) in [6, 6.07) is 8.98. The van der Waals surface area contributed by atoms with Crippen LogP contribution >= 0.6 is 0 Å². The van der Waals surface area contributed by atoms with Crippen molar-refractivity contribution in [2.75, 3.05) is 6.54 Å². The first-order valence-corrected chi connectivity index (χ1v) is 3.13. The zero-order valence-corrected chi connectivity index (χ0v) is 5.09. The number of hydrogen-bond acceptors (Lipinski definition) is 0. The van der Waals surface area contributed by atoms with Crippen LogP contribution in [0.5, 0.6) is 0 Å². The molecule has 0 aliphatic carbocycles. The minimum Gasteiger partial charge on any atom is -0.285 e. The summed E-state index contributed by atoms with van der Waals surface area (Å²) in [7, 11) is 0. The Labute approximate surface area is 54.7 Å². The molecule has 1 aliphatic rings. The third kappa shape index (κ3) is 0.689. The molecule has 0 saturated carbocycles. The summed E-state index contributed by atoms with van der Waals surface area (Å²) in [5.41, 5.74) is 2.51. The van der Waals surface area contributed by atoms with Gasteiger partial charge in [-0.3, -0.25) is 5.32 Å². The van der Waals surface area contributed by atoms with Gasteiger partial charge in [0.25, 0.3) is 0 Å². The summed E-state index contributed by atoms with van der Waals surface area (Å²) >= 11 is 0. The summed E-state index contributed by atoms with van der Waals surface area (Å²) in [6.07, 6.45) is 1.10. The molecule has 0 amide bonds. The summed E-state index contributed by atoms with van der Waals surface area (Å²) in [5, 5.41) is 4.28. The monoisotopic (exact) mass is 117 g/mol. The fraction of sp³-hybridized carbons (Fsp3) is 0.250. The molecule has 1 aromatic carbocycles. The van der Waals surface area contributed by atoms with Gasteiger partial charge in [0.1, 0.15) is 0 Å². The summed E-state index contributed by atoms with van der Waals surface area (Å²) in [5.74, 6) is 0. The van der Waals surface area contributed by atoms with Crippen LogP contribution in [-0.2, 0) is 6.42 Å². The van der Waals surface area contributed by atoms with E-state index in [2.05, 4.69) is 11.4 Å². The Kier molecular flexibility index (Phi) is 0.950. The van der Waals surface area contributed by atoms with Crippen LogP contribution in [0, 0.1) is 6.07 Å². The molecule has 0 fully saturated rings. The first-order valence-electron chi connectivity index (χ1n) is 3.13. The second-order valence-electron chi connectivity index (χ2n) is 2.19. The molecule has 0 saturated heterocycles. The summed E-state index contributed by atoms with van der Waals surface area (Å²) in [4.78, 5) is 0. The molecule has 1 heterocycles. The third-order valence-electron chi connectivity index (χ3n) is 1.59. The smallest absolute Gasteiger partial charge is 0.0607 e. The van der Waals surface area contributed by atoms with Gasteiger partial charge in [-0.1, -0.05) is 6.07 Å².